The van der Waals surface area contributed by atoms with E-state index in [4.69, 9.17) is 5.26 Å². The van der Waals surface area contributed by atoms with E-state index in [0.29, 0.717) is 24.4 Å². The van der Waals surface area contributed by atoms with Gasteiger partial charge in [0.05, 0.1) is 18.2 Å². The Morgan fingerprint density at radius 3 is 2.71 bits per heavy atom. The van der Waals surface area contributed by atoms with E-state index in [2.05, 4.69) is 18.3 Å². The first kappa shape index (κ1) is 17.7. The summed E-state index contributed by atoms with van der Waals surface area (Å²) in [6, 6.07) is 2.40. The molecule has 0 spiro atoms. The molecule has 24 heavy (non-hydrogen) atoms. The van der Waals surface area contributed by atoms with Crippen LogP contribution in [-0.2, 0) is 4.79 Å². The number of amides is 1. The van der Waals surface area contributed by atoms with E-state index in [9.17, 15) is 9.90 Å². The number of hydrogen-bond donors (Lipinski definition) is 2. The fourth-order valence-electron chi connectivity index (χ4n) is 5.18. The number of carbonyl (C=O) groups excluding carboxylic acids is 1. The lowest BCUT2D eigenvalue weighted by molar-refractivity contribution is -0.130. The predicted octanol–water partition coefficient (Wildman–Crippen LogP) is 2.20. The predicted molar refractivity (Wildman–Crippen MR) is 92.1 cm³/mol. The summed E-state index contributed by atoms with van der Waals surface area (Å²) in [5, 5.41) is 23.2. The third kappa shape index (κ3) is 3.75. The largest absolute Gasteiger partial charge is 0.390 e. The van der Waals surface area contributed by atoms with E-state index in [-0.39, 0.29) is 11.9 Å². The molecule has 0 aromatic carbocycles. The summed E-state index contributed by atoms with van der Waals surface area (Å²) in [5.74, 6) is 1.28. The zero-order valence-electron chi connectivity index (χ0n) is 14.8. The van der Waals surface area contributed by atoms with E-state index >= 15 is 0 Å². The summed E-state index contributed by atoms with van der Waals surface area (Å²) in [4.78, 5) is 14.0. The number of nitrogens with zero attached hydrogens (tertiary/aromatic N) is 2. The number of unbranched alkanes of at least 4 members (excludes halogenated alkanes) is 1. The molecular formula is C19H31N3O2. The zero-order chi connectivity index (χ0) is 17.2. The van der Waals surface area contributed by atoms with Crippen molar-refractivity contribution >= 4 is 5.91 Å². The molecule has 5 atom stereocenters. The van der Waals surface area contributed by atoms with Gasteiger partial charge in [-0.1, -0.05) is 19.8 Å². The maximum atomic E-state index is 12.3. The molecule has 2 saturated carbocycles. The fourth-order valence-corrected chi connectivity index (χ4v) is 5.18. The Morgan fingerprint density at radius 1 is 1.38 bits per heavy atom. The second-order valence-electron chi connectivity index (χ2n) is 8.18. The molecule has 0 aromatic heterocycles. The first-order valence-corrected chi connectivity index (χ1v) is 9.69. The molecule has 1 heterocycles. The molecule has 3 fully saturated rings. The highest BCUT2D eigenvalue weighted by Gasteiger charge is 2.48. The Bertz CT molecular complexity index is 487. The van der Waals surface area contributed by atoms with E-state index in [1.54, 1.807) is 4.90 Å². The van der Waals surface area contributed by atoms with Crippen LogP contribution in [0.25, 0.3) is 0 Å². The van der Waals surface area contributed by atoms with Crippen LogP contribution >= 0.6 is 0 Å². The van der Waals surface area contributed by atoms with Crippen molar-refractivity contribution in [2.75, 3.05) is 13.1 Å². The minimum absolute atomic E-state index is 0.0653. The highest BCUT2D eigenvalue weighted by Crippen LogP contribution is 2.50. The van der Waals surface area contributed by atoms with Crippen molar-refractivity contribution in [1.29, 1.82) is 5.26 Å². The monoisotopic (exact) mass is 333 g/mol. The van der Waals surface area contributed by atoms with Gasteiger partial charge in [-0.2, -0.15) is 5.26 Å². The molecule has 134 valence electrons. The number of rotatable bonds is 6. The van der Waals surface area contributed by atoms with Crippen LogP contribution in [0, 0.1) is 23.2 Å². The highest BCUT2D eigenvalue weighted by atomic mass is 16.3. The summed E-state index contributed by atoms with van der Waals surface area (Å²) >= 11 is 0. The molecule has 3 aliphatic rings. The quantitative estimate of drug-likeness (QED) is 0.781. The highest BCUT2D eigenvalue weighted by molar-refractivity contribution is 5.79. The first-order chi connectivity index (χ1) is 11.5. The van der Waals surface area contributed by atoms with Crippen molar-refractivity contribution < 1.29 is 9.90 Å². The number of nitriles is 1. The van der Waals surface area contributed by atoms with Crippen molar-refractivity contribution in [3.63, 3.8) is 0 Å². The zero-order valence-corrected chi connectivity index (χ0v) is 14.8. The molecule has 3 rings (SSSR count). The molecule has 1 unspecified atom stereocenters. The Morgan fingerprint density at radius 2 is 2.08 bits per heavy atom. The molecule has 5 nitrogen and oxygen atoms in total. The third-order valence-corrected chi connectivity index (χ3v) is 6.39. The average molecular weight is 333 g/mol. The van der Waals surface area contributed by atoms with Crippen LogP contribution in [0.15, 0.2) is 0 Å². The van der Waals surface area contributed by atoms with Crippen LogP contribution in [0.5, 0.6) is 0 Å². The van der Waals surface area contributed by atoms with Crippen LogP contribution in [0.3, 0.4) is 0 Å². The lowest BCUT2D eigenvalue weighted by atomic mass is 9.91. The molecule has 0 aromatic rings. The Kier molecular flexibility index (Phi) is 5.46. The smallest absolute Gasteiger partial charge is 0.237 e. The van der Waals surface area contributed by atoms with Gasteiger partial charge >= 0.3 is 0 Å². The molecule has 0 bridgehead atoms. The molecule has 1 aliphatic heterocycles. The van der Waals surface area contributed by atoms with Gasteiger partial charge < -0.3 is 15.3 Å². The number of nitrogens with one attached hydrogen (secondary N) is 1. The molecule has 2 N–H and O–H groups in total. The lowest BCUT2D eigenvalue weighted by Crippen LogP contribution is -2.43. The molecular weight excluding hydrogens is 302 g/mol. The number of aliphatic hydroxyl groups is 1. The number of carbonyl (C=O) groups is 1. The minimum Gasteiger partial charge on any atom is -0.390 e. The van der Waals surface area contributed by atoms with Gasteiger partial charge in [0.1, 0.15) is 6.04 Å². The van der Waals surface area contributed by atoms with Gasteiger partial charge in [-0.05, 0) is 56.8 Å². The topological polar surface area (TPSA) is 76.4 Å². The van der Waals surface area contributed by atoms with Crippen molar-refractivity contribution in [2.24, 2.45) is 11.8 Å². The molecule has 1 saturated heterocycles. The Balaban J connectivity index is 1.42. The second kappa shape index (κ2) is 7.41. The van der Waals surface area contributed by atoms with Gasteiger partial charge in [-0.3, -0.25) is 4.79 Å². The Hall–Kier alpha value is -1.12. The van der Waals surface area contributed by atoms with Gasteiger partial charge in [0, 0.05) is 12.6 Å². The van der Waals surface area contributed by atoms with Crippen LogP contribution in [-0.4, -0.2) is 46.7 Å². The Labute approximate surface area is 145 Å². The van der Waals surface area contributed by atoms with Crippen LogP contribution in [0.2, 0.25) is 0 Å². The van der Waals surface area contributed by atoms with Gasteiger partial charge in [-0.25, -0.2) is 0 Å². The third-order valence-electron chi connectivity index (χ3n) is 6.39. The van der Waals surface area contributed by atoms with Crippen molar-refractivity contribution in [1.82, 2.24) is 10.2 Å². The van der Waals surface area contributed by atoms with E-state index in [1.165, 1.54) is 0 Å². The van der Waals surface area contributed by atoms with Gasteiger partial charge in [-0.15, -0.1) is 0 Å². The summed E-state index contributed by atoms with van der Waals surface area (Å²) in [6.07, 6.45) is 8.98. The summed E-state index contributed by atoms with van der Waals surface area (Å²) in [6.45, 7) is 3.24. The SMILES string of the molecule is CCCC[C@@]1(O)C[C@H]2CC(NCC(=O)N3CCC[C@H]3C#N)C[C@H]2C1. The van der Waals surface area contributed by atoms with Crippen molar-refractivity contribution in [3.8, 4) is 6.07 Å². The van der Waals surface area contributed by atoms with E-state index in [1.807, 2.05) is 0 Å². The van der Waals surface area contributed by atoms with E-state index < -0.39 is 5.60 Å². The van der Waals surface area contributed by atoms with Crippen molar-refractivity contribution in [3.05, 3.63) is 0 Å². The molecule has 2 aliphatic carbocycles. The van der Waals surface area contributed by atoms with Crippen LogP contribution in [0.1, 0.15) is 64.7 Å². The van der Waals surface area contributed by atoms with Crippen molar-refractivity contribution in [2.45, 2.75) is 82.4 Å². The van der Waals surface area contributed by atoms with Gasteiger partial charge in [0.2, 0.25) is 5.91 Å². The van der Waals surface area contributed by atoms with Crippen LogP contribution < -0.4 is 5.32 Å². The lowest BCUT2D eigenvalue weighted by Gasteiger charge is -2.25. The first-order valence-electron chi connectivity index (χ1n) is 9.69. The average Bonchev–Trinajstić information content (AvgIpc) is 3.23. The number of hydrogen-bond acceptors (Lipinski definition) is 4. The van der Waals surface area contributed by atoms with Gasteiger partial charge in [0.25, 0.3) is 0 Å². The molecule has 1 amide bonds. The minimum atomic E-state index is -0.429. The number of fused-ring (bicyclic) bond motifs is 1. The summed E-state index contributed by atoms with van der Waals surface area (Å²) < 4.78 is 0. The molecule has 5 heteroatoms. The number of likely N-dealkylation sites (tertiary alicyclic amines) is 1. The summed E-state index contributed by atoms with van der Waals surface area (Å²) in [7, 11) is 0. The standard InChI is InChI=1S/C19H31N3O2/c1-2-3-6-19(24)10-14-8-16(9-15(14)11-19)21-13-18(23)22-7-4-5-17(22)12-20/h14-17,21,24H,2-11,13H2,1H3/t14-,15+,16?,17-,19-/m0/s1. The van der Waals surface area contributed by atoms with Crippen LogP contribution in [0.4, 0.5) is 0 Å². The fraction of sp³-hybridized carbons (Fsp3) is 0.895. The van der Waals surface area contributed by atoms with E-state index in [0.717, 1.165) is 64.3 Å². The maximum absolute atomic E-state index is 12.3. The summed E-state index contributed by atoms with van der Waals surface area (Å²) in [5.41, 5.74) is -0.429. The molecule has 0 radical (unpaired) electrons. The maximum Gasteiger partial charge on any atom is 0.237 e. The second-order valence-corrected chi connectivity index (χ2v) is 8.18. The normalized spacial score (nSPS) is 38.3. The van der Waals surface area contributed by atoms with Gasteiger partial charge in [0.15, 0.2) is 0 Å².